The number of fused-ring (bicyclic) bond motifs is 8. The molecule has 0 radical (unpaired) electrons. The van der Waals surface area contributed by atoms with Crippen molar-refractivity contribution in [1.82, 2.24) is 9.97 Å². The Balaban J connectivity index is 1.23. The molecule has 0 unspecified atom stereocenters. The Morgan fingerprint density at radius 1 is 0.500 bits per heavy atom. The maximum Gasteiger partial charge on any atom is 0.180 e. The summed E-state index contributed by atoms with van der Waals surface area (Å²) in [6, 6.07) is 51.9. The van der Waals surface area contributed by atoms with Crippen LogP contribution >= 0.6 is 0 Å². The van der Waals surface area contributed by atoms with E-state index < -0.39 is 0 Å². The molecule has 0 saturated heterocycles. The van der Waals surface area contributed by atoms with Crippen LogP contribution in [-0.4, -0.2) is 9.97 Å². The van der Waals surface area contributed by atoms with E-state index in [2.05, 4.69) is 159 Å². The number of hydrogen-bond acceptors (Lipinski definition) is 3. The number of aromatic nitrogens is 2. The predicted octanol–water partition coefficient (Wildman–Crippen LogP) is 12.0. The summed E-state index contributed by atoms with van der Waals surface area (Å²) in [5.74, 6) is 0.681. The van der Waals surface area contributed by atoms with Gasteiger partial charge in [-0.15, -0.1) is 0 Å². The minimum absolute atomic E-state index is 0.0644. The van der Waals surface area contributed by atoms with Crippen molar-refractivity contribution in [3.05, 3.63) is 157 Å². The first-order chi connectivity index (χ1) is 23.5. The van der Waals surface area contributed by atoms with Crippen molar-refractivity contribution < 1.29 is 4.42 Å². The van der Waals surface area contributed by atoms with Crippen LogP contribution in [0.2, 0.25) is 0 Å². The maximum absolute atomic E-state index is 6.66. The van der Waals surface area contributed by atoms with Gasteiger partial charge in [-0.05, 0) is 79.2 Å². The third-order valence-electron chi connectivity index (χ3n) is 10.3. The molecule has 0 N–H and O–H groups in total. The van der Waals surface area contributed by atoms with Gasteiger partial charge in [0, 0.05) is 21.9 Å². The van der Waals surface area contributed by atoms with E-state index >= 15 is 0 Å². The Morgan fingerprint density at radius 2 is 1.12 bits per heavy atom. The molecule has 7 aromatic carbocycles. The fourth-order valence-electron chi connectivity index (χ4n) is 7.80. The number of benzene rings is 7. The molecule has 2 heterocycles. The van der Waals surface area contributed by atoms with Crippen molar-refractivity contribution in [2.75, 3.05) is 0 Å². The molecule has 3 heteroatoms. The molecule has 2 aromatic heterocycles. The first-order valence-electron chi connectivity index (χ1n) is 16.5. The minimum Gasteiger partial charge on any atom is -0.452 e. The molecule has 3 nitrogen and oxygen atoms in total. The number of nitrogens with zero attached hydrogens (tertiary/aromatic N) is 2. The molecule has 0 saturated carbocycles. The van der Waals surface area contributed by atoms with E-state index in [0.717, 1.165) is 49.6 Å². The molecule has 0 fully saturated rings. The average molecular weight is 615 g/mol. The van der Waals surface area contributed by atoms with Crippen molar-refractivity contribution in [2.24, 2.45) is 0 Å². The molecule has 0 aliphatic heterocycles. The van der Waals surface area contributed by atoms with Crippen LogP contribution in [0.5, 0.6) is 0 Å². The highest BCUT2D eigenvalue weighted by molar-refractivity contribution is 6.09. The summed E-state index contributed by atoms with van der Waals surface area (Å²) < 4.78 is 6.66. The van der Waals surface area contributed by atoms with Crippen LogP contribution in [0.3, 0.4) is 0 Å². The van der Waals surface area contributed by atoms with Gasteiger partial charge < -0.3 is 4.42 Å². The third kappa shape index (κ3) is 3.94. The van der Waals surface area contributed by atoms with Gasteiger partial charge in [0.15, 0.2) is 11.4 Å². The highest BCUT2D eigenvalue weighted by Gasteiger charge is 2.36. The first-order valence-corrected chi connectivity index (χ1v) is 16.5. The smallest absolute Gasteiger partial charge is 0.180 e. The highest BCUT2D eigenvalue weighted by atomic mass is 16.3. The standard InChI is InChI=1S/C45H30N2O/c1-45(2)37-16-8-7-14-35(37)40-34(15-9-17-38(40)45)31-22-23-39-36(26-31)42-43(48-39)41(32-20-18-27-10-3-5-12-29(27)24-32)46-44(47-42)33-21-19-28-11-4-6-13-30(28)25-33/h3-26H,1-2H3. The van der Waals surface area contributed by atoms with Gasteiger partial charge in [0.05, 0.1) is 0 Å². The minimum atomic E-state index is -0.0644. The lowest BCUT2D eigenvalue weighted by Gasteiger charge is -2.21. The molecule has 1 aliphatic rings. The van der Waals surface area contributed by atoms with Gasteiger partial charge >= 0.3 is 0 Å². The van der Waals surface area contributed by atoms with E-state index in [1.807, 2.05) is 0 Å². The summed E-state index contributed by atoms with van der Waals surface area (Å²) in [6.07, 6.45) is 0. The average Bonchev–Trinajstić information content (AvgIpc) is 3.62. The van der Waals surface area contributed by atoms with Crippen molar-refractivity contribution in [3.8, 4) is 44.9 Å². The lowest BCUT2D eigenvalue weighted by molar-refractivity contribution is 0.660. The van der Waals surface area contributed by atoms with E-state index in [0.29, 0.717) is 11.4 Å². The monoisotopic (exact) mass is 614 g/mol. The quantitative estimate of drug-likeness (QED) is 0.199. The number of hydrogen-bond donors (Lipinski definition) is 0. The summed E-state index contributed by atoms with van der Waals surface area (Å²) in [7, 11) is 0. The Kier molecular flexibility index (Phi) is 5.63. The molecule has 0 amide bonds. The van der Waals surface area contributed by atoms with Gasteiger partial charge in [0.25, 0.3) is 0 Å². The van der Waals surface area contributed by atoms with E-state index in [4.69, 9.17) is 14.4 Å². The SMILES string of the molecule is CC1(C)c2ccccc2-c2c(-c3ccc4oc5c(-c6ccc7ccccc7c6)nc(-c6ccc7ccccc7c6)nc5c4c3)cccc21. The van der Waals surface area contributed by atoms with Crippen molar-refractivity contribution in [3.63, 3.8) is 0 Å². The van der Waals surface area contributed by atoms with E-state index in [1.54, 1.807) is 0 Å². The van der Waals surface area contributed by atoms with Crippen LogP contribution < -0.4 is 0 Å². The molecular formula is C45H30N2O. The molecule has 0 atom stereocenters. The molecule has 226 valence electrons. The van der Waals surface area contributed by atoms with Gasteiger partial charge in [0.1, 0.15) is 16.8 Å². The van der Waals surface area contributed by atoms with Gasteiger partial charge in [-0.2, -0.15) is 0 Å². The molecule has 0 spiro atoms. The Morgan fingerprint density at radius 3 is 1.92 bits per heavy atom. The highest BCUT2D eigenvalue weighted by Crippen LogP contribution is 2.52. The second kappa shape index (κ2) is 9.97. The Bertz CT molecular complexity index is 2770. The van der Waals surface area contributed by atoms with E-state index in [1.165, 1.54) is 38.6 Å². The van der Waals surface area contributed by atoms with Crippen LogP contribution in [0.1, 0.15) is 25.0 Å². The summed E-state index contributed by atoms with van der Waals surface area (Å²) >= 11 is 0. The van der Waals surface area contributed by atoms with Crippen LogP contribution in [0.15, 0.2) is 150 Å². The summed E-state index contributed by atoms with van der Waals surface area (Å²) in [5, 5.41) is 5.68. The van der Waals surface area contributed by atoms with E-state index in [-0.39, 0.29) is 5.41 Å². The number of furan rings is 1. The topological polar surface area (TPSA) is 38.9 Å². The van der Waals surface area contributed by atoms with Crippen molar-refractivity contribution in [2.45, 2.75) is 19.3 Å². The first kappa shape index (κ1) is 27.1. The summed E-state index contributed by atoms with van der Waals surface area (Å²) in [5.41, 5.74) is 12.7. The molecule has 1 aliphatic carbocycles. The fourth-order valence-corrected chi connectivity index (χ4v) is 7.80. The van der Waals surface area contributed by atoms with Crippen LogP contribution in [0, 0.1) is 0 Å². The summed E-state index contributed by atoms with van der Waals surface area (Å²) in [6.45, 7) is 4.65. The zero-order valence-electron chi connectivity index (χ0n) is 26.7. The third-order valence-corrected chi connectivity index (χ3v) is 10.3. The van der Waals surface area contributed by atoms with Crippen LogP contribution in [0.25, 0.3) is 88.5 Å². The van der Waals surface area contributed by atoms with Crippen molar-refractivity contribution in [1.29, 1.82) is 0 Å². The predicted molar refractivity (Wildman–Crippen MR) is 198 cm³/mol. The Labute approximate surface area is 278 Å². The number of rotatable bonds is 3. The van der Waals surface area contributed by atoms with Gasteiger partial charge in [-0.1, -0.05) is 135 Å². The second-order valence-corrected chi connectivity index (χ2v) is 13.4. The van der Waals surface area contributed by atoms with Crippen LogP contribution in [0.4, 0.5) is 0 Å². The largest absolute Gasteiger partial charge is 0.452 e. The maximum atomic E-state index is 6.66. The van der Waals surface area contributed by atoms with Crippen LogP contribution in [-0.2, 0) is 5.41 Å². The lowest BCUT2D eigenvalue weighted by atomic mass is 9.82. The van der Waals surface area contributed by atoms with Gasteiger partial charge in [-0.3, -0.25) is 0 Å². The summed E-state index contributed by atoms with van der Waals surface area (Å²) in [4.78, 5) is 10.5. The lowest BCUT2D eigenvalue weighted by Crippen LogP contribution is -2.14. The zero-order valence-corrected chi connectivity index (χ0v) is 26.7. The Hall–Kier alpha value is -6.06. The molecular weight excluding hydrogens is 585 g/mol. The van der Waals surface area contributed by atoms with E-state index in [9.17, 15) is 0 Å². The fraction of sp³-hybridized carbons (Fsp3) is 0.0667. The van der Waals surface area contributed by atoms with Gasteiger partial charge in [-0.25, -0.2) is 9.97 Å². The van der Waals surface area contributed by atoms with Gasteiger partial charge in [0.2, 0.25) is 0 Å². The normalized spacial score (nSPS) is 13.4. The molecule has 0 bridgehead atoms. The molecule has 10 rings (SSSR count). The molecule has 9 aromatic rings. The second-order valence-electron chi connectivity index (χ2n) is 13.4. The molecule has 48 heavy (non-hydrogen) atoms. The zero-order chi connectivity index (χ0) is 32.0. The van der Waals surface area contributed by atoms with Crippen molar-refractivity contribution >= 4 is 43.6 Å².